The Balaban J connectivity index is 2.14. The summed E-state index contributed by atoms with van der Waals surface area (Å²) in [7, 11) is 0. The summed E-state index contributed by atoms with van der Waals surface area (Å²) in [4.78, 5) is 12.2. The number of carbonyl (C=O) groups is 1. The Hall–Kier alpha value is -1.60. The lowest BCUT2D eigenvalue weighted by Gasteiger charge is -2.00. The molecule has 0 aliphatic rings. The van der Waals surface area contributed by atoms with Crippen molar-refractivity contribution in [2.45, 2.75) is 6.92 Å². The second-order valence-electron chi connectivity index (χ2n) is 2.88. The van der Waals surface area contributed by atoms with Gasteiger partial charge in [0.15, 0.2) is 11.0 Å². The number of amides is 1. The molecular formula is C8H6ClN5OS. The van der Waals surface area contributed by atoms with Crippen LogP contribution in [-0.4, -0.2) is 25.7 Å². The molecule has 8 heteroatoms. The van der Waals surface area contributed by atoms with Crippen molar-refractivity contribution >= 4 is 34.9 Å². The Kier molecular flexibility index (Phi) is 3.07. The lowest BCUT2D eigenvalue weighted by molar-refractivity contribution is 0.102. The molecule has 0 bridgehead atoms. The SMILES string of the molecule is Cc1nnsc1C(=O)Nc1ccc(Cl)nn1. The van der Waals surface area contributed by atoms with Crippen molar-refractivity contribution in [2.24, 2.45) is 0 Å². The van der Waals surface area contributed by atoms with Crippen LogP contribution in [0.3, 0.4) is 0 Å². The number of rotatable bonds is 2. The van der Waals surface area contributed by atoms with Crippen molar-refractivity contribution < 1.29 is 4.79 Å². The Labute approximate surface area is 99.8 Å². The summed E-state index contributed by atoms with van der Waals surface area (Å²) in [5.74, 6) is 0.0336. The van der Waals surface area contributed by atoms with Gasteiger partial charge in [-0.2, -0.15) is 0 Å². The third-order valence-corrected chi connectivity index (χ3v) is 2.76. The van der Waals surface area contributed by atoms with E-state index in [0.717, 1.165) is 11.5 Å². The third-order valence-electron chi connectivity index (χ3n) is 1.73. The Bertz CT molecular complexity index is 511. The molecule has 0 fully saturated rings. The van der Waals surface area contributed by atoms with E-state index in [1.54, 1.807) is 19.1 Å². The standard InChI is InChI=1S/C8H6ClN5OS/c1-4-7(16-14-11-4)8(15)10-6-3-2-5(9)12-13-6/h2-3H,1H3,(H,10,13,15). The molecule has 2 heterocycles. The first kappa shape index (κ1) is 10.9. The first-order chi connectivity index (χ1) is 7.66. The summed E-state index contributed by atoms with van der Waals surface area (Å²) >= 11 is 6.60. The maximum atomic E-state index is 11.7. The number of aromatic nitrogens is 4. The van der Waals surface area contributed by atoms with Crippen LogP contribution in [-0.2, 0) is 0 Å². The summed E-state index contributed by atoms with van der Waals surface area (Å²) in [6, 6.07) is 3.11. The minimum absolute atomic E-state index is 0.272. The summed E-state index contributed by atoms with van der Waals surface area (Å²) in [6.07, 6.45) is 0. The fraction of sp³-hybridized carbons (Fsp3) is 0.125. The zero-order chi connectivity index (χ0) is 11.5. The zero-order valence-electron chi connectivity index (χ0n) is 8.14. The molecule has 0 radical (unpaired) electrons. The molecule has 1 N–H and O–H groups in total. The Morgan fingerprint density at radius 3 is 2.75 bits per heavy atom. The number of anilines is 1. The van der Waals surface area contributed by atoms with Crippen molar-refractivity contribution in [3.63, 3.8) is 0 Å². The fourth-order valence-electron chi connectivity index (χ4n) is 0.995. The normalized spacial score (nSPS) is 10.1. The fourth-order valence-corrected chi connectivity index (χ4v) is 1.65. The lowest BCUT2D eigenvalue weighted by Crippen LogP contribution is -2.12. The van der Waals surface area contributed by atoms with Gasteiger partial charge in [0.1, 0.15) is 4.88 Å². The van der Waals surface area contributed by atoms with E-state index in [4.69, 9.17) is 11.6 Å². The van der Waals surface area contributed by atoms with Crippen molar-refractivity contribution in [3.8, 4) is 0 Å². The van der Waals surface area contributed by atoms with E-state index in [0.29, 0.717) is 16.4 Å². The molecule has 0 unspecified atom stereocenters. The topological polar surface area (TPSA) is 80.7 Å². The second-order valence-corrected chi connectivity index (χ2v) is 4.02. The van der Waals surface area contributed by atoms with Crippen LogP contribution in [0, 0.1) is 6.92 Å². The van der Waals surface area contributed by atoms with E-state index < -0.39 is 0 Å². The van der Waals surface area contributed by atoms with Crippen molar-refractivity contribution in [3.05, 3.63) is 27.9 Å². The first-order valence-corrected chi connectivity index (χ1v) is 5.41. The van der Waals surface area contributed by atoms with E-state index in [1.165, 1.54) is 0 Å². The molecule has 0 spiro atoms. The van der Waals surface area contributed by atoms with Gasteiger partial charge in [-0.25, -0.2) is 0 Å². The average Bonchev–Trinajstić information content (AvgIpc) is 2.68. The van der Waals surface area contributed by atoms with Gasteiger partial charge in [0, 0.05) is 0 Å². The summed E-state index contributed by atoms with van der Waals surface area (Å²) in [6.45, 7) is 1.71. The summed E-state index contributed by atoms with van der Waals surface area (Å²) in [5.41, 5.74) is 0.587. The van der Waals surface area contributed by atoms with Crippen LogP contribution in [0.25, 0.3) is 0 Å². The van der Waals surface area contributed by atoms with Gasteiger partial charge in [0.2, 0.25) is 0 Å². The lowest BCUT2D eigenvalue weighted by atomic mass is 10.4. The van der Waals surface area contributed by atoms with Gasteiger partial charge in [0.05, 0.1) is 5.69 Å². The molecule has 0 saturated heterocycles. The number of carbonyl (C=O) groups excluding carboxylic acids is 1. The van der Waals surface area contributed by atoms with Crippen LogP contribution >= 0.6 is 23.1 Å². The second kappa shape index (κ2) is 4.50. The molecule has 0 aliphatic heterocycles. The third kappa shape index (κ3) is 2.31. The maximum absolute atomic E-state index is 11.7. The van der Waals surface area contributed by atoms with Gasteiger partial charge in [0.25, 0.3) is 5.91 Å². The van der Waals surface area contributed by atoms with Crippen molar-refractivity contribution in [1.29, 1.82) is 0 Å². The molecule has 82 valence electrons. The van der Waals surface area contributed by atoms with E-state index in [9.17, 15) is 4.79 Å². The number of nitrogens with zero attached hydrogens (tertiary/aromatic N) is 4. The van der Waals surface area contributed by atoms with E-state index in [-0.39, 0.29) is 11.1 Å². The quantitative estimate of drug-likeness (QED) is 0.880. The van der Waals surface area contributed by atoms with Gasteiger partial charge in [-0.3, -0.25) is 4.79 Å². The highest BCUT2D eigenvalue weighted by molar-refractivity contribution is 7.08. The number of aryl methyl sites for hydroxylation is 1. The summed E-state index contributed by atoms with van der Waals surface area (Å²) in [5, 5.41) is 13.9. The molecule has 16 heavy (non-hydrogen) atoms. The van der Waals surface area contributed by atoms with Crippen molar-refractivity contribution in [1.82, 2.24) is 19.8 Å². The van der Waals surface area contributed by atoms with Crippen LogP contribution < -0.4 is 5.32 Å². The smallest absolute Gasteiger partial charge is 0.270 e. The predicted octanol–water partition coefficient (Wildman–Crippen LogP) is 1.54. The summed E-state index contributed by atoms with van der Waals surface area (Å²) < 4.78 is 3.67. The first-order valence-electron chi connectivity index (χ1n) is 4.26. The molecule has 6 nitrogen and oxygen atoms in total. The largest absolute Gasteiger partial charge is 0.304 e. The Morgan fingerprint density at radius 1 is 1.38 bits per heavy atom. The molecule has 2 rings (SSSR count). The van der Waals surface area contributed by atoms with Crippen LogP contribution in [0.5, 0.6) is 0 Å². The van der Waals surface area contributed by atoms with Gasteiger partial charge in [-0.05, 0) is 30.6 Å². The van der Waals surface area contributed by atoms with E-state index in [2.05, 4.69) is 25.1 Å². The molecule has 2 aromatic heterocycles. The Morgan fingerprint density at radius 2 is 2.19 bits per heavy atom. The molecule has 0 atom stereocenters. The molecule has 0 saturated carbocycles. The van der Waals surface area contributed by atoms with Crippen LogP contribution in [0.2, 0.25) is 5.15 Å². The van der Waals surface area contributed by atoms with Gasteiger partial charge in [-0.1, -0.05) is 16.1 Å². The molecule has 1 amide bonds. The van der Waals surface area contributed by atoms with Crippen LogP contribution in [0.4, 0.5) is 5.82 Å². The van der Waals surface area contributed by atoms with Crippen LogP contribution in [0.1, 0.15) is 15.4 Å². The van der Waals surface area contributed by atoms with Crippen molar-refractivity contribution in [2.75, 3.05) is 5.32 Å². The zero-order valence-corrected chi connectivity index (χ0v) is 9.71. The highest BCUT2D eigenvalue weighted by Crippen LogP contribution is 2.12. The monoisotopic (exact) mass is 255 g/mol. The van der Waals surface area contributed by atoms with E-state index in [1.807, 2.05) is 0 Å². The van der Waals surface area contributed by atoms with Gasteiger partial charge < -0.3 is 5.32 Å². The van der Waals surface area contributed by atoms with Gasteiger partial charge in [-0.15, -0.1) is 15.3 Å². The van der Waals surface area contributed by atoms with Crippen LogP contribution in [0.15, 0.2) is 12.1 Å². The molecule has 2 aromatic rings. The number of nitrogens with one attached hydrogen (secondary N) is 1. The number of hydrogen-bond acceptors (Lipinski definition) is 6. The van der Waals surface area contributed by atoms with Gasteiger partial charge >= 0.3 is 0 Å². The highest BCUT2D eigenvalue weighted by Gasteiger charge is 2.13. The number of halogens is 1. The minimum Gasteiger partial charge on any atom is -0.304 e. The minimum atomic E-state index is -0.302. The number of hydrogen-bond donors (Lipinski definition) is 1. The maximum Gasteiger partial charge on any atom is 0.270 e. The molecule has 0 aromatic carbocycles. The average molecular weight is 256 g/mol. The predicted molar refractivity (Wildman–Crippen MR) is 59.6 cm³/mol. The molecular weight excluding hydrogens is 250 g/mol. The molecule has 0 aliphatic carbocycles. The van der Waals surface area contributed by atoms with E-state index >= 15 is 0 Å². The highest BCUT2D eigenvalue weighted by atomic mass is 35.5.